The van der Waals surface area contributed by atoms with Gasteiger partial charge in [0.1, 0.15) is 5.82 Å². The second-order valence-corrected chi connectivity index (χ2v) is 7.65. The topological polar surface area (TPSA) is 29.1 Å². The Labute approximate surface area is 131 Å². The molecule has 4 saturated carbocycles. The molecule has 0 aromatic heterocycles. The molecule has 1 aromatic carbocycles. The van der Waals surface area contributed by atoms with Gasteiger partial charge in [0.2, 0.25) is 5.91 Å². The fourth-order valence-electron chi connectivity index (χ4n) is 5.33. The van der Waals surface area contributed by atoms with Crippen molar-refractivity contribution in [3.63, 3.8) is 0 Å². The third-order valence-electron chi connectivity index (χ3n) is 6.11. The van der Waals surface area contributed by atoms with E-state index >= 15 is 0 Å². The maximum Gasteiger partial charge on any atom is 0.220 e. The van der Waals surface area contributed by atoms with E-state index in [9.17, 15) is 9.18 Å². The number of benzene rings is 1. The lowest BCUT2D eigenvalue weighted by atomic mass is 9.54. The molecular formula is C19H24FNO. The Kier molecular flexibility index (Phi) is 3.67. The molecule has 3 heteroatoms. The van der Waals surface area contributed by atoms with Crippen LogP contribution in [0.5, 0.6) is 0 Å². The van der Waals surface area contributed by atoms with E-state index in [0.717, 1.165) is 29.2 Å². The van der Waals surface area contributed by atoms with Crippen LogP contribution in [-0.2, 0) is 11.2 Å². The number of amides is 1. The highest BCUT2D eigenvalue weighted by molar-refractivity contribution is 5.76. The minimum Gasteiger partial charge on any atom is -0.353 e. The second kappa shape index (κ2) is 5.68. The summed E-state index contributed by atoms with van der Waals surface area (Å²) in [7, 11) is 0. The van der Waals surface area contributed by atoms with Crippen LogP contribution >= 0.6 is 0 Å². The van der Waals surface area contributed by atoms with E-state index in [-0.39, 0.29) is 11.7 Å². The molecule has 1 N–H and O–H groups in total. The summed E-state index contributed by atoms with van der Waals surface area (Å²) in [4.78, 5) is 12.3. The molecule has 4 aliphatic rings. The summed E-state index contributed by atoms with van der Waals surface area (Å²) in [5.41, 5.74) is 1.03. The number of rotatable bonds is 4. The fraction of sp³-hybridized carbons (Fsp3) is 0.632. The normalized spacial score (nSPS) is 35.6. The highest BCUT2D eigenvalue weighted by Gasteiger charge is 2.48. The number of hydrogen-bond donors (Lipinski definition) is 1. The number of hydrogen-bond acceptors (Lipinski definition) is 1. The lowest BCUT2D eigenvalue weighted by Gasteiger charge is -2.54. The lowest BCUT2D eigenvalue weighted by Crippen LogP contribution is -2.55. The Morgan fingerprint density at radius 3 is 2.18 bits per heavy atom. The number of carbonyl (C=O) groups excluding carboxylic acids is 1. The number of carbonyl (C=O) groups is 1. The van der Waals surface area contributed by atoms with E-state index in [0.29, 0.717) is 18.9 Å². The van der Waals surface area contributed by atoms with Gasteiger partial charge >= 0.3 is 0 Å². The van der Waals surface area contributed by atoms with E-state index in [4.69, 9.17) is 0 Å². The summed E-state index contributed by atoms with van der Waals surface area (Å²) >= 11 is 0. The van der Waals surface area contributed by atoms with Gasteiger partial charge in [0.05, 0.1) is 0 Å². The number of aryl methyl sites for hydroxylation is 1. The van der Waals surface area contributed by atoms with Gasteiger partial charge in [0.15, 0.2) is 0 Å². The summed E-state index contributed by atoms with van der Waals surface area (Å²) in [5.74, 6) is 3.28. The molecule has 0 radical (unpaired) electrons. The van der Waals surface area contributed by atoms with Crippen molar-refractivity contribution < 1.29 is 9.18 Å². The third-order valence-corrected chi connectivity index (χ3v) is 6.11. The first-order valence-electron chi connectivity index (χ1n) is 8.71. The quantitative estimate of drug-likeness (QED) is 0.902. The molecule has 0 saturated heterocycles. The summed E-state index contributed by atoms with van der Waals surface area (Å²) in [5, 5.41) is 3.33. The molecule has 118 valence electrons. The average Bonchev–Trinajstić information content (AvgIpc) is 2.50. The summed E-state index contributed by atoms with van der Waals surface area (Å²) in [6, 6.07) is 6.89. The Morgan fingerprint density at radius 2 is 1.59 bits per heavy atom. The maximum absolute atomic E-state index is 12.9. The van der Waals surface area contributed by atoms with Crippen LogP contribution in [-0.4, -0.2) is 11.9 Å². The van der Waals surface area contributed by atoms with Crippen LogP contribution in [0.3, 0.4) is 0 Å². The zero-order valence-electron chi connectivity index (χ0n) is 12.9. The van der Waals surface area contributed by atoms with Crippen LogP contribution in [0.25, 0.3) is 0 Å². The largest absolute Gasteiger partial charge is 0.353 e. The van der Waals surface area contributed by atoms with E-state index in [1.165, 1.54) is 44.2 Å². The van der Waals surface area contributed by atoms with E-state index in [1.54, 1.807) is 12.1 Å². The van der Waals surface area contributed by atoms with Crippen molar-refractivity contribution in [2.75, 3.05) is 0 Å². The molecule has 2 nitrogen and oxygen atoms in total. The van der Waals surface area contributed by atoms with E-state index < -0.39 is 0 Å². The van der Waals surface area contributed by atoms with Gasteiger partial charge in [-0.05, 0) is 79.9 Å². The van der Waals surface area contributed by atoms with Crippen LogP contribution in [0.2, 0.25) is 0 Å². The Hall–Kier alpha value is -1.38. The zero-order chi connectivity index (χ0) is 15.1. The molecule has 4 fully saturated rings. The standard InChI is InChI=1S/C19H24FNO/c20-17-4-1-12(2-5-17)3-6-18(22)21-19-15-8-13-7-14(10-15)11-16(19)9-13/h1-2,4-5,13-16,19H,3,6-11H2,(H,21,22). The minimum absolute atomic E-state index is 0.168. The van der Waals surface area contributed by atoms with Crippen molar-refractivity contribution in [3.05, 3.63) is 35.6 Å². The van der Waals surface area contributed by atoms with Gasteiger partial charge in [-0.1, -0.05) is 12.1 Å². The molecule has 5 rings (SSSR count). The predicted octanol–water partition coefficient (Wildman–Crippen LogP) is 3.70. The fourth-order valence-corrected chi connectivity index (χ4v) is 5.33. The van der Waals surface area contributed by atoms with E-state index in [2.05, 4.69) is 5.32 Å². The summed E-state index contributed by atoms with van der Waals surface area (Å²) < 4.78 is 12.9. The van der Waals surface area contributed by atoms with E-state index in [1.807, 2.05) is 0 Å². The van der Waals surface area contributed by atoms with Crippen molar-refractivity contribution in [2.45, 2.75) is 51.0 Å². The van der Waals surface area contributed by atoms with Gasteiger partial charge in [0.25, 0.3) is 0 Å². The van der Waals surface area contributed by atoms with Crippen LogP contribution in [0.4, 0.5) is 4.39 Å². The van der Waals surface area contributed by atoms with Crippen molar-refractivity contribution in [1.29, 1.82) is 0 Å². The van der Waals surface area contributed by atoms with Crippen LogP contribution in [0, 0.1) is 29.5 Å². The maximum atomic E-state index is 12.9. The van der Waals surface area contributed by atoms with Gasteiger partial charge in [-0.25, -0.2) is 4.39 Å². The molecule has 22 heavy (non-hydrogen) atoms. The summed E-state index contributed by atoms with van der Waals surface area (Å²) in [6.45, 7) is 0. The smallest absolute Gasteiger partial charge is 0.220 e. The van der Waals surface area contributed by atoms with Crippen molar-refractivity contribution >= 4 is 5.91 Å². The SMILES string of the molecule is O=C(CCc1ccc(F)cc1)NC1C2CC3CC(C2)CC1C3. The lowest BCUT2D eigenvalue weighted by molar-refractivity contribution is -0.125. The molecule has 4 aliphatic carbocycles. The molecule has 1 aromatic rings. The predicted molar refractivity (Wildman–Crippen MR) is 83.7 cm³/mol. The third kappa shape index (κ3) is 2.78. The summed E-state index contributed by atoms with van der Waals surface area (Å²) in [6.07, 6.45) is 7.96. The zero-order valence-corrected chi connectivity index (χ0v) is 12.9. The Morgan fingerprint density at radius 1 is 1.00 bits per heavy atom. The molecule has 0 unspecified atom stereocenters. The highest BCUT2D eigenvalue weighted by Crippen LogP contribution is 2.53. The van der Waals surface area contributed by atoms with Crippen LogP contribution < -0.4 is 5.32 Å². The van der Waals surface area contributed by atoms with Crippen LogP contribution in [0.15, 0.2) is 24.3 Å². The van der Waals surface area contributed by atoms with Crippen molar-refractivity contribution in [3.8, 4) is 0 Å². The first-order chi connectivity index (χ1) is 10.7. The Balaban J connectivity index is 1.31. The van der Waals surface area contributed by atoms with Crippen molar-refractivity contribution in [2.24, 2.45) is 23.7 Å². The van der Waals surface area contributed by atoms with Gasteiger partial charge in [0, 0.05) is 12.5 Å². The van der Waals surface area contributed by atoms with Gasteiger partial charge in [-0.2, -0.15) is 0 Å². The number of halogens is 1. The second-order valence-electron chi connectivity index (χ2n) is 7.65. The van der Waals surface area contributed by atoms with Gasteiger partial charge in [-0.15, -0.1) is 0 Å². The van der Waals surface area contributed by atoms with Gasteiger partial charge in [-0.3, -0.25) is 4.79 Å². The highest BCUT2D eigenvalue weighted by atomic mass is 19.1. The average molecular weight is 301 g/mol. The van der Waals surface area contributed by atoms with Gasteiger partial charge < -0.3 is 5.32 Å². The molecule has 0 heterocycles. The molecular weight excluding hydrogens is 277 g/mol. The molecule has 0 spiro atoms. The molecule has 4 bridgehead atoms. The molecule has 0 atom stereocenters. The van der Waals surface area contributed by atoms with Crippen molar-refractivity contribution in [1.82, 2.24) is 5.32 Å². The first-order valence-corrected chi connectivity index (χ1v) is 8.71. The molecule has 0 aliphatic heterocycles. The Bertz CT molecular complexity index is 525. The molecule has 1 amide bonds. The monoisotopic (exact) mass is 301 g/mol. The number of nitrogens with one attached hydrogen (secondary N) is 1. The van der Waals surface area contributed by atoms with Crippen LogP contribution in [0.1, 0.15) is 44.1 Å². The first kappa shape index (κ1) is 14.2. The minimum atomic E-state index is -0.221.